The van der Waals surface area contributed by atoms with Crippen molar-refractivity contribution >= 4 is 17.7 Å². The minimum absolute atomic E-state index is 0.0984. The molecule has 0 radical (unpaired) electrons. The number of carbonyl (C=O) groups excluding carboxylic acids is 2. The van der Waals surface area contributed by atoms with E-state index in [0.717, 1.165) is 5.56 Å². The van der Waals surface area contributed by atoms with Crippen molar-refractivity contribution in [1.29, 1.82) is 0 Å². The topological polar surface area (TPSA) is 96.9 Å². The van der Waals surface area contributed by atoms with Gasteiger partial charge in [-0.1, -0.05) is 43.8 Å². The molecule has 0 bridgehead atoms. The summed E-state index contributed by atoms with van der Waals surface area (Å²) in [4.78, 5) is 34.7. The van der Waals surface area contributed by atoms with Crippen LogP contribution in [0, 0.1) is 10.8 Å². The van der Waals surface area contributed by atoms with Gasteiger partial charge in [-0.15, -0.1) is 0 Å². The third kappa shape index (κ3) is 7.15. The van der Waals surface area contributed by atoms with Crippen molar-refractivity contribution in [3.8, 4) is 0 Å². The summed E-state index contributed by atoms with van der Waals surface area (Å²) in [7, 11) is 0. The molecule has 7 nitrogen and oxygen atoms in total. The van der Waals surface area contributed by atoms with Crippen molar-refractivity contribution < 1.29 is 14.3 Å². The first-order valence-electron chi connectivity index (χ1n) is 8.14. The summed E-state index contributed by atoms with van der Waals surface area (Å²) in [5.74, 6) is -0.289. The van der Waals surface area contributed by atoms with Crippen molar-refractivity contribution in [1.82, 2.24) is 5.32 Å². The lowest BCUT2D eigenvalue weighted by molar-refractivity contribution is -0.145. The molecule has 2 unspecified atom stereocenters. The van der Waals surface area contributed by atoms with Gasteiger partial charge in [-0.2, -0.15) is 4.91 Å². The van der Waals surface area contributed by atoms with Crippen LogP contribution in [0.25, 0.3) is 0 Å². The van der Waals surface area contributed by atoms with E-state index >= 15 is 0 Å². The Kier molecular flexibility index (Phi) is 8.32. The highest BCUT2D eigenvalue weighted by atomic mass is 16.5. The second-order valence-electron chi connectivity index (χ2n) is 6.10. The molecular formula is C18H25N3O4. The summed E-state index contributed by atoms with van der Waals surface area (Å²) in [5.41, 5.74) is 1.30. The van der Waals surface area contributed by atoms with Gasteiger partial charge in [-0.3, -0.25) is 0 Å². The van der Waals surface area contributed by atoms with Gasteiger partial charge in [0, 0.05) is 5.69 Å². The number of nitrogens with zero attached hydrogens (tertiary/aromatic N) is 1. The summed E-state index contributed by atoms with van der Waals surface area (Å²) in [6.07, 6.45) is 1.94. The van der Waals surface area contributed by atoms with Crippen LogP contribution in [-0.4, -0.2) is 24.6 Å². The average Bonchev–Trinajstić information content (AvgIpc) is 2.58. The minimum atomic E-state index is -0.737. The van der Waals surface area contributed by atoms with Crippen molar-refractivity contribution in [3.63, 3.8) is 0 Å². The maximum Gasteiger partial charge on any atom is 0.329 e. The highest BCUT2D eigenvalue weighted by Crippen LogP contribution is 2.18. The molecule has 25 heavy (non-hydrogen) atoms. The first-order valence-corrected chi connectivity index (χ1v) is 8.14. The Morgan fingerprint density at radius 3 is 2.40 bits per heavy atom. The van der Waals surface area contributed by atoms with Crippen LogP contribution in [0.3, 0.4) is 0 Å². The van der Waals surface area contributed by atoms with E-state index in [1.165, 1.54) is 6.08 Å². The molecule has 136 valence electrons. The Hall–Kier alpha value is -2.70. The SMILES string of the molecule is C=CCOC(=O)C(CC(C)C)NC(=O)Nc1ccc(C(C)N=O)cc1. The molecule has 1 rings (SSSR count). The lowest BCUT2D eigenvalue weighted by Crippen LogP contribution is -2.44. The summed E-state index contributed by atoms with van der Waals surface area (Å²) >= 11 is 0. The number of ether oxygens (including phenoxy) is 1. The number of carbonyl (C=O) groups is 2. The van der Waals surface area contributed by atoms with E-state index < -0.39 is 24.1 Å². The molecular weight excluding hydrogens is 322 g/mol. The number of hydrogen-bond acceptors (Lipinski definition) is 5. The Balaban J connectivity index is 2.68. The van der Waals surface area contributed by atoms with E-state index in [9.17, 15) is 14.5 Å². The smallest absolute Gasteiger partial charge is 0.329 e. The van der Waals surface area contributed by atoms with Crippen molar-refractivity contribution in [2.24, 2.45) is 11.1 Å². The number of rotatable bonds is 9. The van der Waals surface area contributed by atoms with E-state index in [1.807, 2.05) is 13.8 Å². The normalized spacial score (nSPS) is 12.8. The number of hydrogen-bond donors (Lipinski definition) is 2. The fourth-order valence-electron chi connectivity index (χ4n) is 2.16. The second kappa shape index (κ2) is 10.2. The van der Waals surface area contributed by atoms with E-state index in [0.29, 0.717) is 12.1 Å². The third-order valence-corrected chi connectivity index (χ3v) is 3.45. The zero-order valence-corrected chi connectivity index (χ0v) is 14.8. The van der Waals surface area contributed by atoms with Crippen molar-refractivity contribution in [2.45, 2.75) is 39.3 Å². The number of nitrogens with one attached hydrogen (secondary N) is 2. The number of esters is 1. The van der Waals surface area contributed by atoms with Gasteiger partial charge < -0.3 is 15.4 Å². The molecule has 0 fully saturated rings. The summed E-state index contributed by atoms with van der Waals surface area (Å²) in [6, 6.07) is 5.08. The third-order valence-electron chi connectivity index (χ3n) is 3.45. The average molecular weight is 347 g/mol. The van der Waals surface area contributed by atoms with E-state index in [1.54, 1.807) is 31.2 Å². The summed E-state index contributed by atoms with van der Waals surface area (Å²) in [5, 5.41) is 8.23. The number of amides is 2. The largest absolute Gasteiger partial charge is 0.460 e. The van der Waals surface area contributed by atoms with Crippen LogP contribution in [0.1, 0.15) is 38.8 Å². The second-order valence-corrected chi connectivity index (χ2v) is 6.10. The van der Waals surface area contributed by atoms with E-state index in [2.05, 4.69) is 22.4 Å². The lowest BCUT2D eigenvalue weighted by Gasteiger charge is -2.19. The first kappa shape index (κ1) is 20.3. The Labute approximate surface area is 147 Å². The maximum atomic E-state index is 12.1. The molecule has 0 saturated heterocycles. The van der Waals surface area contributed by atoms with Crippen LogP contribution in [0.2, 0.25) is 0 Å². The van der Waals surface area contributed by atoms with Gasteiger partial charge in [-0.25, -0.2) is 9.59 Å². The monoisotopic (exact) mass is 347 g/mol. The number of nitroso groups, excluding NO2 is 1. The molecule has 1 aromatic carbocycles. The lowest BCUT2D eigenvalue weighted by atomic mass is 10.0. The molecule has 7 heteroatoms. The zero-order chi connectivity index (χ0) is 18.8. The van der Waals surface area contributed by atoms with Crippen molar-refractivity contribution in [3.05, 3.63) is 47.4 Å². The van der Waals surface area contributed by atoms with Gasteiger partial charge in [-0.05, 0) is 37.0 Å². The Morgan fingerprint density at radius 2 is 1.88 bits per heavy atom. The van der Waals surface area contributed by atoms with Gasteiger partial charge in [0.05, 0.1) is 0 Å². The zero-order valence-electron chi connectivity index (χ0n) is 14.8. The Morgan fingerprint density at radius 1 is 1.24 bits per heavy atom. The molecule has 2 N–H and O–H groups in total. The minimum Gasteiger partial charge on any atom is -0.460 e. The number of urea groups is 1. The molecule has 2 atom stereocenters. The fourth-order valence-corrected chi connectivity index (χ4v) is 2.16. The van der Waals surface area contributed by atoms with Gasteiger partial charge in [0.1, 0.15) is 18.7 Å². The molecule has 0 aliphatic rings. The van der Waals surface area contributed by atoms with Gasteiger partial charge in [0.25, 0.3) is 0 Å². The molecule has 0 aromatic heterocycles. The van der Waals surface area contributed by atoms with Crippen LogP contribution >= 0.6 is 0 Å². The molecule has 1 aromatic rings. The molecule has 0 aliphatic heterocycles. The highest BCUT2D eigenvalue weighted by Gasteiger charge is 2.23. The predicted octanol–water partition coefficient (Wildman–Crippen LogP) is 3.78. The summed E-state index contributed by atoms with van der Waals surface area (Å²) < 4.78 is 5.02. The predicted molar refractivity (Wildman–Crippen MR) is 97.2 cm³/mol. The van der Waals surface area contributed by atoms with Gasteiger partial charge in [0.15, 0.2) is 0 Å². The fraction of sp³-hybridized carbons (Fsp3) is 0.444. The quantitative estimate of drug-likeness (QED) is 0.403. The Bertz CT molecular complexity index is 599. The molecule has 0 saturated carbocycles. The van der Waals surface area contributed by atoms with Crippen LogP contribution in [0.15, 0.2) is 42.1 Å². The van der Waals surface area contributed by atoms with Gasteiger partial charge in [0.2, 0.25) is 0 Å². The van der Waals surface area contributed by atoms with Crippen molar-refractivity contribution in [2.75, 3.05) is 11.9 Å². The van der Waals surface area contributed by atoms with E-state index in [-0.39, 0.29) is 12.5 Å². The maximum absolute atomic E-state index is 12.1. The van der Waals surface area contributed by atoms with E-state index in [4.69, 9.17) is 4.74 Å². The van der Waals surface area contributed by atoms with Crippen LogP contribution in [0.4, 0.5) is 10.5 Å². The van der Waals surface area contributed by atoms with Crippen LogP contribution in [-0.2, 0) is 9.53 Å². The molecule has 0 aliphatic carbocycles. The first-order chi connectivity index (χ1) is 11.9. The molecule has 2 amide bonds. The number of anilines is 1. The standard InChI is InChI=1S/C18H25N3O4/c1-5-10-25-17(22)16(11-12(2)3)20-18(23)19-15-8-6-14(7-9-15)13(4)21-24/h5-9,12-13,16H,1,10-11H2,2-4H3,(H2,19,20,23). The highest BCUT2D eigenvalue weighted by molar-refractivity contribution is 5.92. The summed E-state index contributed by atoms with van der Waals surface area (Å²) in [6.45, 7) is 9.18. The molecule has 0 heterocycles. The molecule has 0 spiro atoms. The number of benzene rings is 1. The van der Waals surface area contributed by atoms with Crippen LogP contribution < -0.4 is 10.6 Å². The van der Waals surface area contributed by atoms with Gasteiger partial charge >= 0.3 is 12.0 Å². The van der Waals surface area contributed by atoms with Crippen LogP contribution in [0.5, 0.6) is 0 Å².